The van der Waals surface area contributed by atoms with Crippen LogP contribution in [-0.4, -0.2) is 0 Å². The average molecular weight is 324 g/mol. The Morgan fingerprint density at radius 3 is 2.58 bits per heavy atom. The molecule has 4 unspecified atom stereocenters. The molecule has 0 bridgehead atoms. The summed E-state index contributed by atoms with van der Waals surface area (Å²) < 4.78 is 15.0. The lowest BCUT2D eigenvalue weighted by Gasteiger charge is -2.42. The van der Waals surface area contributed by atoms with Crippen LogP contribution in [0.4, 0.5) is 4.39 Å². The molecule has 24 heavy (non-hydrogen) atoms. The van der Waals surface area contributed by atoms with Crippen molar-refractivity contribution in [3.63, 3.8) is 0 Å². The normalized spacial score (nSPS) is 30.2. The van der Waals surface area contributed by atoms with Gasteiger partial charge in [-0.05, 0) is 66.7 Å². The third-order valence-electron chi connectivity index (χ3n) is 6.75. The van der Waals surface area contributed by atoms with Crippen molar-refractivity contribution >= 4 is 10.8 Å². The second kappa shape index (κ2) is 6.86. The van der Waals surface area contributed by atoms with Crippen molar-refractivity contribution in [2.45, 2.75) is 64.2 Å². The molecule has 0 spiro atoms. The number of benzene rings is 2. The predicted octanol–water partition coefficient (Wildman–Crippen LogP) is 7.08. The Labute approximate surface area is 145 Å². The summed E-state index contributed by atoms with van der Waals surface area (Å²) in [5.41, 5.74) is 0.975. The fraction of sp³-hybridized carbons (Fsp3) is 0.565. The molecule has 0 nitrogen and oxygen atoms in total. The van der Waals surface area contributed by atoms with Gasteiger partial charge in [0.1, 0.15) is 5.82 Å². The molecule has 4 atom stereocenters. The average Bonchev–Trinajstić information content (AvgIpc) is 2.62. The number of hydrogen-bond acceptors (Lipinski definition) is 0. The van der Waals surface area contributed by atoms with E-state index in [1.165, 1.54) is 51.4 Å². The third-order valence-corrected chi connectivity index (χ3v) is 6.75. The zero-order valence-corrected chi connectivity index (χ0v) is 14.8. The zero-order valence-electron chi connectivity index (χ0n) is 14.8. The van der Waals surface area contributed by atoms with E-state index >= 15 is 4.39 Å². The molecular weight excluding hydrogens is 295 g/mol. The lowest BCUT2D eigenvalue weighted by atomic mass is 9.63. The fourth-order valence-electron chi connectivity index (χ4n) is 5.51. The van der Waals surface area contributed by atoms with Crippen LogP contribution in [0.5, 0.6) is 0 Å². The number of hydrogen-bond donors (Lipinski definition) is 0. The molecule has 2 aliphatic carbocycles. The first kappa shape index (κ1) is 16.1. The van der Waals surface area contributed by atoms with Gasteiger partial charge < -0.3 is 0 Å². The first-order valence-corrected chi connectivity index (χ1v) is 9.93. The SMILES string of the molecule is CCCC1CCC2CC(c3ccc4ccccc4c3F)CCC2C1. The van der Waals surface area contributed by atoms with Gasteiger partial charge in [-0.2, -0.15) is 0 Å². The number of fused-ring (bicyclic) bond motifs is 2. The van der Waals surface area contributed by atoms with Crippen LogP contribution in [0.2, 0.25) is 0 Å². The van der Waals surface area contributed by atoms with Crippen LogP contribution in [0.3, 0.4) is 0 Å². The summed E-state index contributed by atoms with van der Waals surface area (Å²) in [4.78, 5) is 0. The van der Waals surface area contributed by atoms with Crippen molar-refractivity contribution < 1.29 is 4.39 Å². The monoisotopic (exact) mass is 324 g/mol. The maximum Gasteiger partial charge on any atom is 0.134 e. The molecular formula is C23H29F. The summed E-state index contributed by atoms with van der Waals surface area (Å²) in [6.45, 7) is 2.31. The highest BCUT2D eigenvalue weighted by Gasteiger charge is 2.36. The first-order valence-electron chi connectivity index (χ1n) is 9.93. The molecule has 2 aromatic rings. The van der Waals surface area contributed by atoms with Gasteiger partial charge in [0.05, 0.1) is 0 Å². The second-order valence-electron chi connectivity index (χ2n) is 8.19. The van der Waals surface area contributed by atoms with Crippen molar-refractivity contribution in [2.24, 2.45) is 17.8 Å². The Kier molecular flexibility index (Phi) is 4.61. The summed E-state index contributed by atoms with van der Waals surface area (Å²) in [5, 5.41) is 1.82. The molecule has 0 aromatic heterocycles. The van der Waals surface area contributed by atoms with Crippen molar-refractivity contribution in [3.8, 4) is 0 Å². The van der Waals surface area contributed by atoms with Gasteiger partial charge in [0.2, 0.25) is 0 Å². The van der Waals surface area contributed by atoms with Crippen molar-refractivity contribution in [3.05, 3.63) is 47.8 Å². The Morgan fingerprint density at radius 2 is 1.71 bits per heavy atom. The van der Waals surface area contributed by atoms with Crippen LogP contribution < -0.4 is 0 Å². The van der Waals surface area contributed by atoms with E-state index in [0.717, 1.165) is 34.1 Å². The highest BCUT2D eigenvalue weighted by atomic mass is 19.1. The molecule has 128 valence electrons. The molecule has 0 aliphatic heterocycles. The lowest BCUT2D eigenvalue weighted by Crippen LogP contribution is -2.30. The maximum absolute atomic E-state index is 15.0. The van der Waals surface area contributed by atoms with Gasteiger partial charge in [-0.15, -0.1) is 0 Å². The zero-order chi connectivity index (χ0) is 16.5. The third kappa shape index (κ3) is 2.98. The van der Waals surface area contributed by atoms with E-state index in [4.69, 9.17) is 0 Å². The topological polar surface area (TPSA) is 0 Å². The van der Waals surface area contributed by atoms with E-state index < -0.39 is 0 Å². The van der Waals surface area contributed by atoms with Crippen molar-refractivity contribution in [2.75, 3.05) is 0 Å². The van der Waals surface area contributed by atoms with Gasteiger partial charge in [0.15, 0.2) is 0 Å². The summed E-state index contributed by atoms with van der Waals surface area (Å²) in [7, 11) is 0. The van der Waals surface area contributed by atoms with Crippen molar-refractivity contribution in [1.82, 2.24) is 0 Å². The number of halogens is 1. The van der Waals surface area contributed by atoms with Gasteiger partial charge in [-0.3, -0.25) is 0 Å². The fourth-order valence-corrected chi connectivity index (χ4v) is 5.51. The number of rotatable bonds is 3. The Hall–Kier alpha value is -1.37. The largest absolute Gasteiger partial charge is 0.206 e. The van der Waals surface area contributed by atoms with Crippen LogP contribution in [0.1, 0.15) is 69.8 Å². The highest BCUT2D eigenvalue weighted by Crippen LogP contribution is 2.49. The molecule has 2 saturated carbocycles. The minimum Gasteiger partial charge on any atom is -0.206 e. The van der Waals surface area contributed by atoms with E-state index in [0.29, 0.717) is 5.92 Å². The van der Waals surface area contributed by atoms with Crippen LogP contribution in [0, 0.1) is 23.6 Å². The molecule has 4 rings (SSSR count). The minimum atomic E-state index is 0.0382. The summed E-state index contributed by atoms with van der Waals surface area (Å²) in [6, 6.07) is 12.0. The minimum absolute atomic E-state index is 0.0382. The Morgan fingerprint density at radius 1 is 0.917 bits per heavy atom. The Bertz CT molecular complexity index is 704. The summed E-state index contributed by atoms with van der Waals surface area (Å²) in [5.74, 6) is 3.18. The van der Waals surface area contributed by atoms with Gasteiger partial charge in [-0.1, -0.05) is 62.6 Å². The molecule has 0 radical (unpaired) electrons. The smallest absolute Gasteiger partial charge is 0.134 e. The van der Waals surface area contributed by atoms with Crippen LogP contribution >= 0.6 is 0 Å². The van der Waals surface area contributed by atoms with Gasteiger partial charge in [-0.25, -0.2) is 4.39 Å². The van der Waals surface area contributed by atoms with E-state index in [2.05, 4.69) is 19.1 Å². The van der Waals surface area contributed by atoms with E-state index in [1.54, 1.807) is 0 Å². The van der Waals surface area contributed by atoms with Crippen LogP contribution in [0.25, 0.3) is 10.8 Å². The molecule has 2 aromatic carbocycles. The van der Waals surface area contributed by atoms with Gasteiger partial charge >= 0.3 is 0 Å². The quantitative estimate of drug-likeness (QED) is 0.566. The maximum atomic E-state index is 15.0. The Balaban J connectivity index is 1.52. The molecule has 0 heterocycles. The summed E-state index contributed by atoms with van der Waals surface area (Å²) >= 11 is 0. The second-order valence-corrected chi connectivity index (χ2v) is 8.19. The van der Waals surface area contributed by atoms with Gasteiger partial charge in [0.25, 0.3) is 0 Å². The first-order chi connectivity index (χ1) is 11.8. The lowest BCUT2D eigenvalue weighted by molar-refractivity contribution is 0.113. The molecule has 0 amide bonds. The van der Waals surface area contributed by atoms with E-state index in [9.17, 15) is 0 Å². The van der Waals surface area contributed by atoms with Crippen LogP contribution in [0.15, 0.2) is 36.4 Å². The molecule has 2 fully saturated rings. The van der Waals surface area contributed by atoms with Gasteiger partial charge in [0, 0.05) is 5.39 Å². The molecule has 1 heteroatoms. The van der Waals surface area contributed by atoms with E-state index in [1.807, 2.05) is 24.3 Å². The van der Waals surface area contributed by atoms with E-state index in [-0.39, 0.29) is 5.82 Å². The molecule has 0 saturated heterocycles. The molecule has 2 aliphatic rings. The molecule has 0 N–H and O–H groups in total. The van der Waals surface area contributed by atoms with Crippen LogP contribution in [-0.2, 0) is 0 Å². The summed E-state index contributed by atoms with van der Waals surface area (Å²) in [6.07, 6.45) is 10.6. The standard InChI is InChI=1S/C23H29F/c1-2-5-16-8-9-19-15-20(11-10-18(19)14-16)22-13-12-17-6-3-4-7-21(17)23(22)24/h3-4,6-7,12-13,16,18-20H,2,5,8-11,14-15H2,1H3. The van der Waals surface area contributed by atoms with Crippen molar-refractivity contribution in [1.29, 1.82) is 0 Å². The highest BCUT2D eigenvalue weighted by molar-refractivity contribution is 5.83. The predicted molar refractivity (Wildman–Crippen MR) is 99.7 cm³/mol.